The Balaban J connectivity index is 1.94. The van der Waals surface area contributed by atoms with Crippen LogP contribution in [-0.2, 0) is 20.2 Å². The normalized spacial score (nSPS) is 19.7. The van der Waals surface area contributed by atoms with Crippen LogP contribution >= 0.6 is 11.8 Å². The smallest absolute Gasteiger partial charge is 0.205 e. The third kappa shape index (κ3) is 3.33. The summed E-state index contributed by atoms with van der Waals surface area (Å²) >= 11 is 1.48. The van der Waals surface area contributed by atoms with Gasteiger partial charge in [0.1, 0.15) is 17.2 Å². The molecule has 4 nitrogen and oxygen atoms in total. The molecule has 1 unspecified atom stereocenters. The van der Waals surface area contributed by atoms with Crippen molar-refractivity contribution >= 4 is 21.6 Å². The summed E-state index contributed by atoms with van der Waals surface area (Å²) in [5.41, 5.74) is -0.662. The van der Waals surface area contributed by atoms with Gasteiger partial charge in [-0.3, -0.25) is 0 Å². The Kier molecular flexibility index (Phi) is 5.29. The van der Waals surface area contributed by atoms with E-state index in [1.54, 1.807) is 30.3 Å². The lowest BCUT2D eigenvalue weighted by atomic mass is 9.92. The highest BCUT2D eigenvalue weighted by molar-refractivity contribution is 7.98. The fourth-order valence-electron chi connectivity index (χ4n) is 2.99. The van der Waals surface area contributed by atoms with Gasteiger partial charge >= 0.3 is 0 Å². The molecule has 0 radical (unpaired) electrons. The average molecular weight is 394 g/mol. The van der Waals surface area contributed by atoms with Crippen LogP contribution in [0.15, 0.2) is 64.6 Å². The van der Waals surface area contributed by atoms with Gasteiger partial charge in [0.2, 0.25) is 9.84 Å². The molecule has 1 atom stereocenters. The molecular formula is C19H19FO4S2. The highest BCUT2D eigenvalue weighted by Crippen LogP contribution is 2.44. The molecule has 0 spiro atoms. The number of methoxy groups -OCH3 is 1. The lowest BCUT2D eigenvalue weighted by Gasteiger charge is -2.29. The van der Waals surface area contributed by atoms with E-state index < -0.39 is 21.3 Å². The van der Waals surface area contributed by atoms with Crippen molar-refractivity contribution in [3.8, 4) is 5.75 Å². The fraction of sp³-hybridized carbons (Fsp3) is 0.263. The summed E-state index contributed by atoms with van der Waals surface area (Å²) in [5.74, 6) is 0.605. The Bertz CT molecular complexity index is 923. The molecule has 0 bridgehead atoms. The molecule has 0 fully saturated rings. The molecule has 3 rings (SSSR count). The molecule has 2 aromatic rings. The molecular weight excluding hydrogens is 375 g/mol. The van der Waals surface area contributed by atoms with Crippen LogP contribution < -0.4 is 4.74 Å². The minimum atomic E-state index is -3.73. The minimum Gasteiger partial charge on any atom is -0.497 e. The number of benzene rings is 2. The largest absolute Gasteiger partial charge is 0.497 e. The summed E-state index contributed by atoms with van der Waals surface area (Å²) in [4.78, 5) is 0.293. The number of hydrogen-bond donors (Lipinski definition) is 0. The Morgan fingerprint density at radius 1 is 1.19 bits per heavy atom. The van der Waals surface area contributed by atoms with Crippen LogP contribution in [0.25, 0.3) is 0 Å². The fourth-order valence-corrected chi connectivity index (χ4v) is 5.18. The van der Waals surface area contributed by atoms with Crippen LogP contribution in [0, 0.1) is 5.82 Å². The highest BCUT2D eigenvalue weighted by Gasteiger charge is 2.44. The Labute approximate surface area is 156 Å². The summed E-state index contributed by atoms with van der Waals surface area (Å²) < 4.78 is 51.1. The molecule has 7 heteroatoms. The van der Waals surface area contributed by atoms with Crippen molar-refractivity contribution in [3.63, 3.8) is 0 Å². The second kappa shape index (κ2) is 7.32. The number of thioether (sulfide) groups is 1. The van der Waals surface area contributed by atoms with E-state index in [1.165, 1.54) is 43.3 Å². The van der Waals surface area contributed by atoms with Gasteiger partial charge < -0.3 is 9.47 Å². The van der Waals surface area contributed by atoms with Crippen LogP contribution in [-0.4, -0.2) is 27.5 Å². The quantitative estimate of drug-likeness (QED) is 0.737. The molecule has 1 aliphatic heterocycles. The molecule has 138 valence electrons. The molecule has 2 aromatic carbocycles. The second-order valence-corrected chi connectivity index (χ2v) is 8.83. The van der Waals surface area contributed by atoms with E-state index in [2.05, 4.69) is 0 Å². The van der Waals surface area contributed by atoms with E-state index in [-0.39, 0.29) is 16.2 Å². The van der Waals surface area contributed by atoms with E-state index in [4.69, 9.17) is 9.47 Å². The average Bonchev–Trinajstić information content (AvgIpc) is 3.08. The molecule has 0 aliphatic carbocycles. The maximum atomic E-state index is 14.4. The molecule has 1 heterocycles. The van der Waals surface area contributed by atoms with Crippen molar-refractivity contribution in [1.29, 1.82) is 0 Å². The van der Waals surface area contributed by atoms with E-state index >= 15 is 0 Å². The topological polar surface area (TPSA) is 52.6 Å². The van der Waals surface area contributed by atoms with Crippen LogP contribution in [0.5, 0.6) is 5.75 Å². The van der Waals surface area contributed by atoms with Crippen LogP contribution in [0.1, 0.15) is 12.0 Å². The first-order valence-electron chi connectivity index (χ1n) is 7.93. The number of sulfone groups is 1. The number of rotatable bonds is 6. The van der Waals surface area contributed by atoms with Crippen molar-refractivity contribution in [2.75, 3.05) is 19.1 Å². The van der Waals surface area contributed by atoms with Gasteiger partial charge in [-0.2, -0.15) is 11.8 Å². The van der Waals surface area contributed by atoms with Gasteiger partial charge in [0, 0.05) is 17.7 Å². The molecule has 0 saturated carbocycles. The van der Waals surface area contributed by atoms with Crippen molar-refractivity contribution in [2.45, 2.75) is 16.9 Å². The zero-order valence-electron chi connectivity index (χ0n) is 14.4. The lowest BCUT2D eigenvalue weighted by Crippen LogP contribution is -2.30. The van der Waals surface area contributed by atoms with Gasteiger partial charge in [0.05, 0.1) is 23.2 Å². The van der Waals surface area contributed by atoms with Crippen molar-refractivity contribution in [1.82, 2.24) is 0 Å². The standard InChI is InChI=1S/C19H19FO4S2/c1-23-14-7-9-15(10-8-14)26(21,22)16-11-19(13-25-2,24-12-16)17-5-3-4-6-18(17)20/h3-10,12H,11,13H2,1-2H3. The van der Waals surface area contributed by atoms with E-state index in [0.29, 0.717) is 17.1 Å². The molecule has 26 heavy (non-hydrogen) atoms. The SMILES string of the molecule is COc1ccc(S(=O)(=O)C2=COC(CSC)(c3ccccc3F)C2)cc1. The zero-order chi connectivity index (χ0) is 18.8. The minimum absolute atomic E-state index is 0.0864. The van der Waals surface area contributed by atoms with Gasteiger partial charge in [-0.05, 0) is 36.6 Å². The third-order valence-corrected chi connectivity index (χ3v) is 6.91. The first-order valence-corrected chi connectivity index (χ1v) is 10.8. The summed E-state index contributed by atoms with van der Waals surface area (Å²) in [7, 11) is -2.21. The van der Waals surface area contributed by atoms with Gasteiger partial charge in [-0.15, -0.1) is 0 Å². The van der Waals surface area contributed by atoms with E-state index in [9.17, 15) is 12.8 Å². The summed E-state index contributed by atoms with van der Waals surface area (Å²) in [6.07, 6.45) is 3.22. The maximum Gasteiger partial charge on any atom is 0.205 e. The Hall–Kier alpha value is -1.99. The van der Waals surface area contributed by atoms with Crippen LogP contribution in [0.3, 0.4) is 0 Å². The lowest BCUT2D eigenvalue weighted by molar-refractivity contribution is 0.0622. The molecule has 0 aromatic heterocycles. The molecule has 1 aliphatic rings. The van der Waals surface area contributed by atoms with Gasteiger partial charge in [0.25, 0.3) is 0 Å². The molecule has 0 saturated heterocycles. The molecule has 0 N–H and O–H groups in total. The predicted octanol–water partition coefficient (Wildman–Crippen LogP) is 4.13. The van der Waals surface area contributed by atoms with Crippen LogP contribution in [0.4, 0.5) is 4.39 Å². The monoisotopic (exact) mass is 394 g/mol. The van der Waals surface area contributed by atoms with Gasteiger partial charge in [0.15, 0.2) is 0 Å². The third-order valence-electron chi connectivity index (χ3n) is 4.33. The number of halogens is 1. The van der Waals surface area contributed by atoms with E-state index in [1.807, 2.05) is 6.26 Å². The predicted molar refractivity (Wildman–Crippen MR) is 100 cm³/mol. The van der Waals surface area contributed by atoms with Crippen molar-refractivity contribution in [2.24, 2.45) is 0 Å². The zero-order valence-corrected chi connectivity index (χ0v) is 16.1. The number of ether oxygens (including phenoxy) is 2. The van der Waals surface area contributed by atoms with Gasteiger partial charge in [-0.25, -0.2) is 12.8 Å². The second-order valence-electron chi connectivity index (χ2n) is 5.96. The Morgan fingerprint density at radius 2 is 1.88 bits per heavy atom. The molecule has 0 amide bonds. The first-order chi connectivity index (χ1) is 12.4. The number of hydrogen-bond acceptors (Lipinski definition) is 5. The summed E-state index contributed by atoms with van der Waals surface area (Å²) in [5, 5.41) is 0. The summed E-state index contributed by atoms with van der Waals surface area (Å²) in [6, 6.07) is 12.5. The van der Waals surface area contributed by atoms with Gasteiger partial charge in [-0.1, -0.05) is 18.2 Å². The van der Waals surface area contributed by atoms with Crippen molar-refractivity contribution < 1.29 is 22.3 Å². The highest BCUT2D eigenvalue weighted by atomic mass is 32.2. The van der Waals surface area contributed by atoms with E-state index in [0.717, 1.165) is 0 Å². The first kappa shape index (κ1) is 18.8. The van der Waals surface area contributed by atoms with Crippen LogP contribution in [0.2, 0.25) is 0 Å². The summed E-state index contributed by atoms with van der Waals surface area (Å²) in [6.45, 7) is 0. The van der Waals surface area contributed by atoms with Crippen molar-refractivity contribution in [3.05, 3.63) is 71.1 Å². The maximum absolute atomic E-state index is 14.4. The Morgan fingerprint density at radius 3 is 2.50 bits per heavy atom.